The zero-order valence-electron chi connectivity index (χ0n) is 11.2. The summed E-state index contributed by atoms with van der Waals surface area (Å²) in [5.74, 6) is 1.22. The Hall–Kier alpha value is -1.62. The first-order valence-electron chi connectivity index (χ1n) is 6.67. The molecule has 102 valence electrons. The molecule has 0 aromatic carbocycles. The summed E-state index contributed by atoms with van der Waals surface area (Å²) < 4.78 is 0. The Kier molecular flexibility index (Phi) is 5.15. The van der Waals surface area contributed by atoms with Crippen molar-refractivity contribution >= 4 is 23.1 Å². The summed E-state index contributed by atoms with van der Waals surface area (Å²) in [6.07, 6.45) is 6.10. The number of nitrogens with one attached hydrogen (secondary N) is 1. The van der Waals surface area contributed by atoms with Crippen LogP contribution < -0.4 is 11.1 Å². The highest BCUT2D eigenvalue weighted by atomic mass is 32.1. The fourth-order valence-corrected chi connectivity index (χ4v) is 2.56. The van der Waals surface area contributed by atoms with Gasteiger partial charge in [0.2, 0.25) is 5.95 Å². The third-order valence-corrected chi connectivity index (χ3v) is 3.86. The summed E-state index contributed by atoms with van der Waals surface area (Å²) in [7, 11) is 0. The topological polar surface area (TPSA) is 63.8 Å². The van der Waals surface area contributed by atoms with E-state index in [0.717, 1.165) is 43.6 Å². The van der Waals surface area contributed by atoms with Crippen molar-refractivity contribution in [1.82, 2.24) is 9.97 Å². The number of nitrogens with zero attached hydrogens (tertiary/aromatic N) is 2. The Morgan fingerprint density at radius 2 is 2.26 bits per heavy atom. The van der Waals surface area contributed by atoms with Crippen LogP contribution in [0.3, 0.4) is 0 Å². The maximum absolute atomic E-state index is 5.66. The van der Waals surface area contributed by atoms with E-state index < -0.39 is 0 Å². The average Bonchev–Trinajstić information content (AvgIpc) is 2.91. The molecule has 0 unspecified atom stereocenters. The van der Waals surface area contributed by atoms with Gasteiger partial charge in [-0.15, -0.1) is 11.3 Å². The van der Waals surface area contributed by atoms with E-state index in [1.165, 1.54) is 4.88 Å². The van der Waals surface area contributed by atoms with Crippen molar-refractivity contribution in [2.75, 3.05) is 17.6 Å². The van der Waals surface area contributed by atoms with E-state index in [1.54, 1.807) is 11.3 Å². The molecule has 0 aliphatic rings. The molecule has 3 N–H and O–H groups in total. The Morgan fingerprint density at radius 3 is 3.00 bits per heavy atom. The molecule has 2 aromatic heterocycles. The number of unbranched alkanes of at least 4 members (excludes halogenated alkanes) is 1. The van der Waals surface area contributed by atoms with E-state index in [1.807, 2.05) is 6.20 Å². The first kappa shape index (κ1) is 13.8. The van der Waals surface area contributed by atoms with E-state index in [2.05, 4.69) is 39.7 Å². The van der Waals surface area contributed by atoms with E-state index in [9.17, 15) is 0 Å². The average molecular weight is 276 g/mol. The lowest BCUT2D eigenvalue weighted by atomic mass is 10.1. The van der Waals surface area contributed by atoms with Crippen LogP contribution in [0.25, 0.3) is 0 Å². The highest BCUT2D eigenvalue weighted by Gasteiger charge is 2.06. The molecule has 0 aliphatic heterocycles. The Morgan fingerprint density at radius 1 is 1.37 bits per heavy atom. The van der Waals surface area contributed by atoms with Crippen LogP contribution in [0.4, 0.5) is 11.8 Å². The number of nitrogen functional groups attached to an aromatic ring is 1. The van der Waals surface area contributed by atoms with E-state index in [0.29, 0.717) is 5.95 Å². The van der Waals surface area contributed by atoms with Crippen molar-refractivity contribution in [3.05, 3.63) is 34.2 Å². The van der Waals surface area contributed by atoms with Gasteiger partial charge in [-0.3, -0.25) is 0 Å². The first-order valence-corrected chi connectivity index (χ1v) is 7.55. The van der Waals surface area contributed by atoms with Crippen molar-refractivity contribution in [3.8, 4) is 0 Å². The van der Waals surface area contributed by atoms with Crippen molar-refractivity contribution in [1.29, 1.82) is 0 Å². The van der Waals surface area contributed by atoms with Gasteiger partial charge in [0.1, 0.15) is 5.82 Å². The fourth-order valence-electron chi connectivity index (χ4n) is 1.85. The van der Waals surface area contributed by atoms with Gasteiger partial charge in [0.05, 0.1) is 0 Å². The van der Waals surface area contributed by atoms with E-state index >= 15 is 0 Å². The van der Waals surface area contributed by atoms with Crippen LogP contribution >= 0.6 is 11.3 Å². The lowest BCUT2D eigenvalue weighted by Gasteiger charge is -2.10. The molecule has 2 rings (SSSR count). The zero-order chi connectivity index (χ0) is 13.5. The summed E-state index contributed by atoms with van der Waals surface area (Å²) in [5.41, 5.74) is 6.80. The minimum absolute atomic E-state index is 0.332. The summed E-state index contributed by atoms with van der Waals surface area (Å²) in [6.45, 7) is 3.10. The summed E-state index contributed by atoms with van der Waals surface area (Å²) >= 11 is 1.79. The monoisotopic (exact) mass is 276 g/mol. The molecule has 0 saturated carbocycles. The lowest BCUT2D eigenvalue weighted by molar-refractivity contribution is 0.826. The summed E-state index contributed by atoms with van der Waals surface area (Å²) in [4.78, 5) is 9.79. The van der Waals surface area contributed by atoms with Gasteiger partial charge in [-0.1, -0.05) is 19.4 Å². The first-order chi connectivity index (χ1) is 9.29. The Bertz CT molecular complexity index is 496. The standard InChI is InChI=1S/C14H20N4S/c1-2-3-8-16-13-11(10-17-14(15)18-13)6-7-12-5-4-9-19-12/h4-5,9-10H,2-3,6-8H2,1H3,(H3,15,16,17,18). The highest BCUT2D eigenvalue weighted by Crippen LogP contribution is 2.17. The smallest absolute Gasteiger partial charge is 0.221 e. The molecule has 0 amide bonds. The second kappa shape index (κ2) is 7.09. The minimum atomic E-state index is 0.332. The number of thiophene rings is 1. The van der Waals surface area contributed by atoms with E-state index in [4.69, 9.17) is 5.73 Å². The number of hydrogen-bond donors (Lipinski definition) is 2. The molecule has 0 radical (unpaired) electrons. The van der Waals surface area contributed by atoms with Gasteiger partial charge < -0.3 is 11.1 Å². The predicted molar refractivity (Wildman–Crippen MR) is 81.6 cm³/mol. The second-order valence-corrected chi connectivity index (χ2v) is 5.49. The fraction of sp³-hybridized carbons (Fsp3) is 0.429. The molecular weight excluding hydrogens is 256 g/mol. The maximum atomic E-state index is 5.66. The van der Waals surface area contributed by atoms with Crippen molar-refractivity contribution in [2.45, 2.75) is 32.6 Å². The third-order valence-electron chi connectivity index (χ3n) is 2.93. The van der Waals surface area contributed by atoms with Gasteiger partial charge in [-0.25, -0.2) is 4.98 Å². The van der Waals surface area contributed by atoms with Gasteiger partial charge in [-0.05, 0) is 30.7 Å². The minimum Gasteiger partial charge on any atom is -0.370 e. The normalized spacial score (nSPS) is 10.6. The number of aromatic nitrogens is 2. The lowest BCUT2D eigenvalue weighted by Crippen LogP contribution is -2.09. The van der Waals surface area contributed by atoms with Gasteiger partial charge in [0.15, 0.2) is 0 Å². The molecule has 2 heterocycles. The van der Waals surface area contributed by atoms with E-state index in [-0.39, 0.29) is 0 Å². The molecule has 4 nitrogen and oxygen atoms in total. The number of nitrogens with two attached hydrogens (primary N) is 1. The van der Waals surface area contributed by atoms with Gasteiger partial charge in [-0.2, -0.15) is 4.98 Å². The quantitative estimate of drug-likeness (QED) is 0.763. The van der Waals surface area contributed by atoms with Crippen LogP contribution in [-0.4, -0.2) is 16.5 Å². The van der Waals surface area contributed by atoms with Crippen LogP contribution in [0.15, 0.2) is 23.7 Å². The molecule has 0 fully saturated rings. The van der Waals surface area contributed by atoms with Crippen LogP contribution in [-0.2, 0) is 12.8 Å². The molecule has 0 saturated heterocycles. The molecule has 5 heteroatoms. The van der Waals surface area contributed by atoms with Gasteiger partial charge in [0, 0.05) is 23.2 Å². The SMILES string of the molecule is CCCCNc1nc(N)ncc1CCc1cccs1. The summed E-state index contributed by atoms with van der Waals surface area (Å²) in [6, 6.07) is 4.24. The van der Waals surface area contributed by atoms with Crippen molar-refractivity contribution < 1.29 is 0 Å². The largest absolute Gasteiger partial charge is 0.370 e. The molecule has 0 bridgehead atoms. The van der Waals surface area contributed by atoms with Crippen LogP contribution in [0, 0.1) is 0 Å². The van der Waals surface area contributed by atoms with Crippen LogP contribution in [0.1, 0.15) is 30.2 Å². The number of rotatable bonds is 7. The molecular formula is C14H20N4S. The number of aryl methyl sites for hydroxylation is 2. The summed E-state index contributed by atoms with van der Waals surface area (Å²) in [5, 5.41) is 5.46. The maximum Gasteiger partial charge on any atom is 0.221 e. The third kappa shape index (κ3) is 4.21. The predicted octanol–water partition coefficient (Wildman–Crippen LogP) is 3.12. The van der Waals surface area contributed by atoms with Crippen LogP contribution in [0.5, 0.6) is 0 Å². The van der Waals surface area contributed by atoms with Crippen molar-refractivity contribution in [2.24, 2.45) is 0 Å². The Balaban J connectivity index is 2.01. The Labute approximate surface area is 118 Å². The molecule has 0 aliphatic carbocycles. The number of anilines is 2. The van der Waals surface area contributed by atoms with Gasteiger partial charge >= 0.3 is 0 Å². The molecule has 19 heavy (non-hydrogen) atoms. The molecule has 0 spiro atoms. The van der Waals surface area contributed by atoms with Gasteiger partial charge in [0.25, 0.3) is 0 Å². The second-order valence-electron chi connectivity index (χ2n) is 4.46. The van der Waals surface area contributed by atoms with Crippen LogP contribution in [0.2, 0.25) is 0 Å². The molecule has 0 atom stereocenters. The zero-order valence-corrected chi connectivity index (χ0v) is 12.0. The highest BCUT2D eigenvalue weighted by molar-refractivity contribution is 7.09. The van der Waals surface area contributed by atoms with Crippen molar-refractivity contribution in [3.63, 3.8) is 0 Å². The number of hydrogen-bond acceptors (Lipinski definition) is 5. The molecule has 2 aromatic rings.